The number of aromatic nitrogens is 1. The summed E-state index contributed by atoms with van der Waals surface area (Å²) in [5.74, 6) is 5.18. The minimum absolute atomic E-state index is 0.132. The van der Waals surface area contributed by atoms with E-state index >= 15 is 0 Å². The van der Waals surface area contributed by atoms with E-state index in [1.165, 1.54) is 12.1 Å². The smallest absolute Gasteiger partial charge is 0.252 e. The van der Waals surface area contributed by atoms with Gasteiger partial charge in [0.25, 0.3) is 5.91 Å². The summed E-state index contributed by atoms with van der Waals surface area (Å²) < 4.78 is 0. The molecule has 0 aliphatic carbocycles. The molecule has 21 heavy (non-hydrogen) atoms. The first kappa shape index (κ1) is 17.2. The highest BCUT2D eigenvalue weighted by molar-refractivity contribution is 6.29. The van der Waals surface area contributed by atoms with E-state index in [4.69, 9.17) is 17.4 Å². The number of hydrogen-bond donors (Lipinski definition) is 4. The van der Waals surface area contributed by atoms with Crippen LogP contribution in [0.3, 0.4) is 0 Å². The Balaban J connectivity index is 2.68. The Morgan fingerprint density at radius 1 is 1.33 bits per heavy atom. The molecule has 1 rings (SSSR count). The molecule has 1 aromatic rings. The number of halogens is 1. The fourth-order valence-corrected chi connectivity index (χ4v) is 1.71. The predicted octanol–water partition coefficient (Wildman–Crippen LogP) is 0.911. The highest BCUT2D eigenvalue weighted by Gasteiger charge is 2.17. The highest BCUT2D eigenvalue weighted by atomic mass is 35.5. The van der Waals surface area contributed by atoms with E-state index in [9.17, 15) is 9.59 Å². The first-order valence-corrected chi connectivity index (χ1v) is 6.94. The van der Waals surface area contributed by atoms with Crippen molar-refractivity contribution in [2.45, 2.75) is 26.8 Å². The van der Waals surface area contributed by atoms with Crippen molar-refractivity contribution < 1.29 is 9.59 Å². The number of nitrogens with one attached hydrogen (secondary N) is 3. The van der Waals surface area contributed by atoms with E-state index in [0.29, 0.717) is 12.5 Å². The van der Waals surface area contributed by atoms with Gasteiger partial charge < -0.3 is 16.1 Å². The third-order valence-electron chi connectivity index (χ3n) is 2.63. The molecule has 0 spiro atoms. The van der Waals surface area contributed by atoms with Crippen molar-refractivity contribution >= 4 is 29.2 Å². The summed E-state index contributed by atoms with van der Waals surface area (Å²) in [6.07, 6.45) is 0. The summed E-state index contributed by atoms with van der Waals surface area (Å²) in [6.45, 7) is 6.15. The standard InChI is InChI=1S/C13H20ClN5O2/c1-7(2)6-16-12(20)8(3)17-13(21)9-4-10(14)18-11(5-9)19-15/h4-5,7-8H,6,15H2,1-3H3,(H,16,20)(H,17,21)(H,18,19). The molecule has 8 heteroatoms. The monoisotopic (exact) mass is 313 g/mol. The zero-order chi connectivity index (χ0) is 16.0. The highest BCUT2D eigenvalue weighted by Crippen LogP contribution is 2.13. The minimum atomic E-state index is -0.655. The number of carbonyl (C=O) groups is 2. The van der Waals surface area contributed by atoms with Crippen LogP contribution >= 0.6 is 11.6 Å². The summed E-state index contributed by atoms with van der Waals surface area (Å²) in [6, 6.07) is 2.19. The van der Waals surface area contributed by atoms with Crippen molar-refractivity contribution in [3.63, 3.8) is 0 Å². The van der Waals surface area contributed by atoms with Crippen LogP contribution in [0.4, 0.5) is 5.82 Å². The summed E-state index contributed by atoms with van der Waals surface area (Å²) >= 11 is 5.79. The van der Waals surface area contributed by atoms with Gasteiger partial charge in [-0.1, -0.05) is 25.4 Å². The fourth-order valence-electron chi connectivity index (χ4n) is 1.51. The van der Waals surface area contributed by atoms with E-state index in [1.807, 2.05) is 13.8 Å². The Morgan fingerprint density at radius 2 is 2.00 bits per heavy atom. The lowest BCUT2D eigenvalue weighted by Gasteiger charge is -2.15. The number of rotatable bonds is 6. The van der Waals surface area contributed by atoms with Gasteiger partial charge in [-0.25, -0.2) is 10.8 Å². The fraction of sp³-hybridized carbons (Fsp3) is 0.462. The SMILES string of the molecule is CC(C)CNC(=O)C(C)NC(=O)c1cc(Cl)nc(NN)c1. The summed E-state index contributed by atoms with van der Waals surface area (Å²) in [5, 5.41) is 5.47. The average Bonchev–Trinajstić information content (AvgIpc) is 2.43. The minimum Gasteiger partial charge on any atom is -0.354 e. The van der Waals surface area contributed by atoms with Crippen molar-refractivity contribution in [1.29, 1.82) is 0 Å². The van der Waals surface area contributed by atoms with Crippen LogP contribution in [-0.2, 0) is 4.79 Å². The second kappa shape index (κ2) is 7.80. The number of nitrogen functional groups attached to an aromatic ring is 1. The average molecular weight is 314 g/mol. The Morgan fingerprint density at radius 3 is 2.57 bits per heavy atom. The van der Waals surface area contributed by atoms with Crippen molar-refractivity contribution in [1.82, 2.24) is 15.6 Å². The lowest BCUT2D eigenvalue weighted by Crippen LogP contribution is -2.45. The number of hydrazine groups is 1. The molecule has 1 atom stereocenters. The Labute approximate surface area is 128 Å². The van der Waals surface area contributed by atoms with E-state index in [0.717, 1.165) is 0 Å². The third-order valence-corrected chi connectivity index (χ3v) is 2.82. The number of pyridine rings is 1. The van der Waals surface area contributed by atoms with E-state index < -0.39 is 11.9 Å². The normalized spacial score (nSPS) is 11.9. The molecule has 7 nitrogen and oxygen atoms in total. The molecule has 0 saturated carbocycles. The number of hydrogen-bond acceptors (Lipinski definition) is 5. The molecule has 2 amide bonds. The summed E-state index contributed by atoms with van der Waals surface area (Å²) in [7, 11) is 0. The van der Waals surface area contributed by atoms with Gasteiger partial charge in [-0.2, -0.15) is 0 Å². The van der Waals surface area contributed by atoms with Crippen LogP contribution < -0.4 is 21.9 Å². The molecule has 0 fully saturated rings. The molecule has 0 aliphatic rings. The van der Waals surface area contributed by atoms with Crippen LogP contribution in [0.25, 0.3) is 0 Å². The van der Waals surface area contributed by atoms with E-state index in [2.05, 4.69) is 21.0 Å². The van der Waals surface area contributed by atoms with Gasteiger partial charge in [-0.15, -0.1) is 0 Å². The first-order valence-electron chi connectivity index (χ1n) is 6.56. The third kappa shape index (κ3) is 5.57. The lowest BCUT2D eigenvalue weighted by molar-refractivity contribution is -0.122. The molecule has 0 aromatic carbocycles. The van der Waals surface area contributed by atoms with Crippen LogP contribution in [0.1, 0.15) is 31.1 Å². The van der Waals surface area contributed by atoms with Gasteiger partial charge >= 0.3 is 0 Å². The van der Waals surface area contributed by atoms with Crippen molar-refractivity contribution in [3.05, 3.63) is 22.8 Å². The molecular formula is C13H20ClN5O2. The van der Waals surface area contributed by atoms with E-state index in [-0.39, 0.29) is 22.4 Å². The van der Waals surface area contributed by atoms with Crippen LogP contribution in [0, 0.1) is 5.92 Å². The Bertz CT molecular complexity index is 521. The number of anilines is 1. The molecule has 0 aliphatic heterocycles. The van der Waals surface area contributed by atoms with Gasteiger partial charge in [0.15, 0.2) is 0 Å². The number of nitrogens with two attached hydrogens (primary N) is 1. The molecule has 116 valence electrons. The van der Waals surface area contributed by atoms with Crippen LogP contribution in [0.5, 0.6) is 0 Å². The molecule has 0 radical (unpaired) electrons. The number of amides is 2. The Hall–Kier alpha value is -1.86. The van der Waals surface area contributed by atoms with Crippen LogP contribution in [0.15, 0.2) is 12.1 Å². The number of nitrogens with zero attached hydrogens (tertiary/aromatic N) is 1. The molecule has 0 saturated heterocycles. The molecule has 1 heterocycles. The molecule has 1 unspecified atom stereocenters. The quantitative estimate of drug-likeness (QED) is 0.354. The predicted molar refractivity (Wildman–Crippen MR) is 81.8 cm³/mol. The zero-order valence-electron chi connectivity index (χ0n) is 12.2. The maximum Gasteiger partial charge on any atom is 0.252 e. The van der Waals surface area contributed by atoms with Crippen LogP contribution in [0.2, 0.25) is 5.15 Å². The zero-order valence-corrected chi connectivity index (χ0v) is 13.0. The molecule has 0 bridgehead atoms. The molecule has 1 aromatic heterocycles. The Kier molecular flexibility index (Phi) is 6.39. The topological polar surface area (TPSA) is 109 Å². The largest absolute Gasteiger partial charge is 0.354 e. The van der Waals surface area contributed by atoms with Gasteiger partial charge in [0, 0.05) is 12.1 Å². The van der Waals surface area contributed by atoms with Crippen molar-refractivity contribution in [3.8, 4) is 0 Å². The maximum absolute atomic E-state index is 12.1. The first-order chi connectivity index (χ1) is 9.83. The molecule has 5 N–H and O–H groups in total. The van der Waals surface area contributed by atoms with Crippen molar-refractivity contribution in [2.24, 2.45) is 11.8 Å². The summed E-state index contributed by atoms with van der Waals surface area (Å²) in [5.41, 5.74) is 2.59. The van der Waals surface area contributed by atoms with Gasteiger partial charge in [0.2, 0.25) is 5.91 Å². The van der Waals surface area contributed by atoms with Crippen LogP contribution in [-0.4, -0.2) is 29.4 Å². The number of carbonyl (C=O) groups excluding carboxylic acids is 2. The summed E-state index contributed by atoms with van der Waals surface area (Å²) in [4.78, 5) is 27.7. The molecular weight excluding hydrogens is 294 g/mol. The van der Waals surface area contributed by atoms with Crippen molar-refractivity contribution in [2.75, 3.05) is 12.0 Å². The van der Waals surface area contributed by atoms with Gasteiger partial charge in [-0.05, 0) is 25.0 Å². The maximum atomic E-state index is 12.1. The van der Waals surface area contributed by atoms with Gasteiger partial charge in [0.1, 0.15) is 17.0 Å². The van der Waals surface area contributed by atoms with E-state index in [1.54, 1.807) is 6.92 Å². The van der Waals surface area contributed by atoms with Gasteiger partial charge in [0.05, 0.1) is 0 Å². The second-order valence-electron chi connectivity index (χ2n) is 5.04. The lowest BCUT2D eigenvalue weighted by atomic mass is 10.2. The van der Waals surface area contributed by atoms with Gasteiger partial charge in [-0.3, -0.25) is 9.59 Å². The second-order valence-corrected chi connectivity index (χ2v) is 5.43.